The molecule has 0 unspecified atom stereocenters. The highest BCUT2D eigenvalue weighted by Gasteiger charge is 2.27. The number of fused-ring (bicyclic) bond motifs is 2. The Kier molecular flexibility index (Phi) is 6.66. The van der Waals surface area contributed by atoms with Gasteiger partial charge in [-0.3, -0.25) is 14.7 Å². The number of likely N-dealkylation sites (tertiary alicyclic amines) is 1. The van der Waals surface area contributed by atoms with Gasteiger partial charge in [0, 0.05) is 50.4 Å². The number of hydrogen-bond acceptors (Lipinski definition) is 8. The van der Waals surface area contributed by atoms with Crippen molar-refractivity contribution in [3.63, 3.8) is 0 Å². The van der Waals surface area contributed by atoms with E-state index in [9.17, 15) is 9.90 Å². The summed E-state index contributed by atoms with van der Waals surface area (Å²) < 4.78 is 18.3. The van der Waals surface area contributed by atoms with E-state index in [1.807, 2.05) is 30.3 Å². The lowest BCUT2D eigenvalue weighted by atomic mass is 10.0. The van der Waals surface area contributed by atoms with Crippen LogP contribution in [0, 0.1) is 0 Å². The van der Waals surface area contributed by atoms with E-state index < -0.39 is 6.10 Å². The number of ether oxygens (including phenoxy) is 3. The van der Waals surface area contributed by atoms with Crippen LogP contribution in [0.15, 0.2) is 47.4 Å². The fourth-order valence-corrected chi connectivity index (χ4v) is 4.63. The molecule has 9 heteroatoms. The summed E-state index contributed by atoms with van der Waals surface area (Å²) in [6, 6.07) is 11.1. The van der Waals surface area contributed by atoms with Crippen molar-refractivity contribution in [2.24, 2.45) is 0 Å². The molecule has 3 aromatic rings. The van der Waals surface area contributed by atoms with Gasteiger partial charge in [0.05, 0.1) is 30.6 Å². The molecule has 2 aromatic heterocycles. The molecule has 9 nitrogen and oxygen atoms in total. The van der Waals surface area contributed by atoms with Crippen molar-refractivity contribution >= 4 is 10.9 Å². The number of benzene rings is 1. The van der Waals surface area contributed by atoms with Crippen molar-refractivity contribution in [2.45, 2.75) is 31.7 Å². The smallest absolute Gasteiger partial charge is 0.251 e. The zero-order chi connectivity index (χ0) is 23.5. The summed E-state index contributed by atoms with van der Waals surface area (Å²) in [7, 11) is 1.62. The average molecular weight is 467 g/mol. The second-order valence-corrected chi connectivity index (χ2v) is 8.71. The Morgan fingerprint density at radius 1 is 1.15 bits per heavy atom. The van der Waals surface area contributed by atoms with Gasteiger partial charge in [-0.15, -0.1) is 0 Å². The first-order valence-electron chi connectivity index (χ1n) is 11.7. The van der Waals surface area contributed by atoms with Gasteiger partial charge in [0.1, 0.15) is 19.0 Å². The van der Waals surface area contributed by atoms with E-state index in [1.54, 1.807) is 23.9 Å². The third-order valence-electron chi connectivity index (χ3n) is 6.54. The summed E-state index contributed by atoms with van der Waals surface area (Å²) in [6.45, 7) is 4.26. The fraction of sp³-hybridized carbons (Fsp3) is 0.440. The Hall–Kier alpha value is -3.14. The number of piperidine rings is 1. The molecule has 5 rings (SSSR count). The number of aromatic nitrogens is 2. The van der Waals surface area contributed by atoms with Crippen molar-refractivity contribution in [1.82, 2.24) is 19.8 Å². The molecule has 2 N–H and O–H groups in total. The monoisotopic (exact) mass is 466 g/mol. The predicted octanol–water partition coefficient (Wildman–Crippen LogP) is 1.40. The maximum Gasteiger partial charge on any atom is 0.251 e. The van der Waals surface area contributed by atoms with Crippen LogP contribution in [-0.4, -0.2) is 71.7 Å². The Morgan fingerprint density at radius 3 is 2.79 bits per heavy atom. The van der Waals surface area contributed by atoms with Gasteiger partial charge in [0.2, 0.25) is 0 Å². The first-order valence-corrected chi connectivity index (χ1v) is 11.7. The minimum Gasteiger partial charge on any atom is -0.497 e. The molecule has 1 fully saturated rings. The predicted molar refractivity (Wildman–Crippen MR) is 128 cm³/mol. The van der Waals surface area contributed by atoms with Crippen LogP contribution in [0.1, 0.15) is 12.1 Å². The molecule has 0 bridgehead atoms. The first-order chi connectivity index (χ1) is 16.6. The van der Waals surface area contributed by atoms with Crippen LogP contribution < -0.4 is 25.1 Å². The van der Waals surface area contributed by atoms with E-state index in [2.05, 4.69) is 15.2 Å². The Bertz CT molecular complexity index is 1210. The molecule has 2 aliphatic rings. The van der Waals surface area contributed by atoms with Gasteiger partial charge >= 0.3 is 0 Å². The molecular formula is C25H30N4O5. The number of nitrogens with one attached hydrogen (secondary N) is 1. The number of rotatable bonds is 7. The molecule has 2 atom stereocenters. The fourth-order valence-electron chi connectivity index (χ4n) is 4.63. The number of hydrogen-bond donors (Lipinski definition) is 2. The third kappa shape index (κ3) is 4.86. The molecule has 0 aliphatic carbocycles. The van der Waals surface area contributed by atoms with Crippen molar-refractivity contribution in [3.8, 4) is 17.2 Å². The highest BCUT2D eigenvalue weighted by molar-refractivity contribution is 5.80. The van der Waals surface area contributed by atoms with Crippen LogP contribution in [0.5, 0.6) is 17.2 Å². The number of aliphatic hydroxyl groups is 1. The number of β-amino-alcohol motifs (C(OH)–C–C–N with tert-alkyl or cyclic N) is 1. The molecule has 180 valence electrons. The van der Waals surface area contributed by atoms with Gasteiger partial charge in [-0.25, -0.2) is 0 Å². The summed E-state index contributed by atoms with van der Waals surface area (Å²) in [6.07, 6.45) is 1.99. The van der Waals surface area contributed by atoms with Crippen molar-refractivity contribution in [2.75, 3.05) is 40.0 Å². The van der Waals surface area contributed by atoms with Gasteiger partial charge in [-0.2, -0.15) is 0 Å². The third-order valence-corrected chi connectivity index (χ3v) is 6.54. The summed E-state index contributed by atoms with van der Waals surface area (Å²) >= 11 is 0. The van der Waals surface area contributed by atoms with Crippen LogP contribution in [0.3, 0.4) is 0 Å². The lowest BCUT2D eigenvalue weighted by Crippen LogP contribution is -2.53. The lowest BCUT2D eigenvalue weighted by molar-refractivity contribution is 0.0384. The first kappa shape index (κ1) is 22.6. The maximum absolute atomic E-state index is 12.6. The topological polar surface area (TPSA) is 98.1 Å². The Balaban J connectivity index is 1.17. The van der Waals surface area contributed by atoms with Gasteiger partial charge in [-0.1, -0.05) is 0 Å². The zero-order valence-electron chi connectivity index (χ0n) is 19.3. The van der Waals surface area contributed by atoms with E-state index >= 15 is 0 Å². The minimum atomic E-state index is -0.504. The molecule has 0 radical (unpaired) electrons. The molecule has 1 aromatic carbocycles. The number of nitrogens with zero attached hydrogens (tertiary/aromatic N) is 3. The SMILES string of the molecule is COc1ccc2ccc(=O)n(CCN3CC[C@H](NCc4cc5c(cn4)OCCO5)[C@H](O)C3)c2c1. The van der Waals surface area contributed by atoms with E-state index in [4.69, 9.17) is 14.2 Å². The van der Waals surface area contributed by atoms with E-state index in [0.717, 1.165) is 41.1 Å². The maximum atomic E-state index is 12.6. The van der Waals surface area contributed by atoms with E-state index in [1.165, 1.54) is 0 Å². The standard InChI is InChI=1S/C25H30N4O5/c1-32-19-4-2-17-3-5-25(31)29(21(17)13-19)9-8-28-7-6-20(22(30)16-28)27-14-18-12-23-24(15-26-18)34-11-10-33-23/h2-5,12-13,15,20,22,27,30H,6-11,14,16H2,1H3/t20-,22+/m0/s1. The molecule has 1 saturated heterocycles. The minimum absolute atomic E-state index is 0.0178. The number of methoxy groups -OCH3 is 1. The van der Waals surface area contributed by atoms with Gasteiger partial charge < -0.3 is 29.2 Å². The van der Waals surface area contributed by atoms with Crippen LogP contribution in [0.25, 0.3) is 10.9 Å². The molecule has 0 spiro atoms. The Labute approximate surface area is 197 Å². The van der Waals surface area contributed by atoms with Crippen LogP contribution in [0.2, 0.25) is 0 Å². The van der Waals surface area contributed by atoms with Crippen molar-refractivity contribution < 1.29 is 19.3 Å². The van der Waals surface area contributed by atoms with Gasteiger partial charge in [0.15, 0.2) is 11.5 Å². The van der Waals surface area contributed by atoms with Crippen LogP contribution in [-0.2, 0) is 13.1 Å². The summed E-state index contributed by atoms with van der Waals surface area (Å²) in [5.74, 6) is 2.11. The van der Waals surface area contributed by atoms with E-state index in [-0.39, 0.29) is 11.6 Å². The highest BCUT2D eigenvalue weighted by atomic mass is 16.6. The van der Waals surface area contributed by atoms with Crippen LogP contribution in [0.4, 0.5) is 0 Å². The lowest BCUT2D eigenvalue weighted by Gasteiger charge is -2.36. The van der Waals surface area contributed by atoms with Crippen molar-refractivity contribution in [1.29, 1.82) is 0 Å². The summed E-state index contributed by atoms with van der Waals surface area (Å²) in [5, 5.41) is 15.2. The number of pyridine rings is 2. The second-order valence-electron chi connectivity index (χ2n) is 8.71. The van der Waals surface area contributed by atoms with Crippen molar-refractivity contribution in [3.05, 3.63) is 58.6 Å². The normalized spacial score (nSPS) is 20.4. The van der Waals surface area contributed by atoms with Crippen LogP contribution >= 0.6 is 0 Å². The zero-order valence-corrected chi connectivity index (χ0v) is 19.3. The Morgan fingerprint density at radius 2 is 1.97 bits per heavy atom. The highest BCUT2D eigenvalue weighted by Crippen LogP contribution is 2.29. The molecular weight excluding hydrogens is 436 g/mol. The molecule has 34 heavy (non-hydrogen) atoms. The molecule has 0 amide bonds. The molecule has 0 saturated carbocycles. The summed E-state index contributed by atoms with van der Waals surface area (Å²) in [4.78, 5) is 19.2. The molecule has 2 aliphatic heterocycles. The summed E-state index contributed by atoms with van der Waals surface area (Å²) in [5.41, 5.74) is 1.67. The average Bonchev–Trinajstić information content (AvgIpc) is 2.87. The number of aliphatic hydroxyl groups excluding tert-OH is 1. The van der Waals surface area contributed by atoms with E-state index in [0.29, 0.717) is 45.1 Å². The van der Waals surface area contributed by atoms with Gasteiger partial charge in [-0.05, 0) is 36.6 Å². The second kappa shape index (κ2) is 10.0. The quantitative estimate of drug-likeness (QED) is 0.539. The molecule has 4 heterocycles. The van der Waals surface area contributed by atoms with Gasteiger partial charge in [0.25, 0.3) is 5.56 Å². The largest absolute Gasteiger partial charge is 0.497 e.